The number of thiophene rings is 1. The van der Waals surface area contributed by atoms with Crippen molar-refractivity contribution < 1.29 is 0 Å². The van der Waals surface area contributed by atoms with Gasteiger partial charge in [0.05, 0.1) is 16.1 Å². The second-order valence-corrected chi connectivity index (χ2v) is 5.56. The highest BCUT2D eigenvalue weighted by Crippen LogP contribution is 2.33. The first kappa shape index (κ1) is 10.6. The average Bonchev–Trinajstić information content (AvgIpc) is 3.02. The number of anilines is 1. The van der Waals surface area contributed by atoms with Crippen LogP contribution in [-0.2, 0) is 0 Å². The zero-order valence-corrected chi connectivity index (χ0v) is 10.9. The number of nitrogens with two attached hydrogens (primary N) is 1. The summed E-state index contributed by atoms with van der Waals surface area (Å²) in [7, 11) is 0. The third-order valence-electron chi connectivity index (χ3n) is 3.20. The lowest BCUT2D eigenvalue weighted by Gasteiger charge is -1.90. The van der Waals surface area contributed by atoms with Gasteiger partial charge in [0.1, 0.15) is 11.3 Å². The Labute approximate surface area is 113 Å². The number of aromatic nitrogens is 2. The van der Waals surface area contributed by atoms with Crippen molar-refractivity contribution in [3.8, 4) is 10.7 Å². The molecule has 0 saturated carbocycles. The molecule has 0 spiro atoms. The maximum absolute atomic E-state index is 5.94. The summed E-state index contributed by atoms with van der Waals surface area (Å²) in [5, 5.41) is 1.25. The highest BCUT2D eigenvalue weighted by molar-refractivity contribution is 7.22. The van der Waals surface area contributed by atoms with Crippen LogP contribution in [0.25, 0.3) is 31.8 Å². The Morgan fingerprint density at radius 3 is 2.79 bits per heavy atom. The van der Waals surface area contributed by atoms with E-state index in [1.54, 1.807) is 11.3 Å². The predicted molar refractivity (Wildman–Crippen MR) is 81.3 cm³/mol. The largest absolute Gasteiger partial charge is 0.397 e. The number of hydrogen-bond acceptors (Lipinski definition) is 3. The van der Waals surface area contributed by atoms with E-state index in [1.165, 1.54) is 10.1 Å². The quantitative estimate of drug-likeness (QED) is 0.510. The number of nitrogens with one attached hydrogen (secondary N) is 1. The van der Waals surface area contributed by atoms with E-state index in [-0.39, 0.29) is 0 Å². The number of aromatic amines is 1. The molecule has 0 bridgehead atoms. The molecule has 3 nitrogen and oxygen atoms in total. The minimum absolute atomic E-state index is 0.709. The highest BCUT2D eigenvalue weighted by atomic mass is 32.1. The zero-order valence-electron chi connectivity index (χ0n) is 10.1. The van der Waals surface area contributed by atoms with Crippen LogP contribution in [-0.4, -0.2) is 9.97 Å². The summed E-state index contributed by atoms with van der Waals surface area (Å²) in [6, 6.07) is 16.3. The number of rotatable bonds is 1. The average molecular weight is 265 g/mol. The second kappa shape index (κ2) is 3.83. The van der Waals surface area contributed by atoms with Crippen LogP contribution in [0.2, 0.25) is 0 Å². The summed E-state index contributed by atoms with van der Waals surface area (Å²) >= 11 is 1.74. The Bertz CT molecular complexity index is 856. The monoisotopic (exact) mass is 265 g/mol. The third-order valence-corrected chi connectivity index (χ3v) is 4.33. The molecule has 2 heterocycles. The van der Waals surface area contributed by atoms with Crippen LogP contribution >= 0.6 is 11.3 Å². The van der Waals surface area contributed by atoms with Gasteiger partial charge in [0.15, 0.2) is 0 Å². The molecule has 0 radical (unpaired) electrons. The van der Waals surface area contributed by atoms with E-state index in [9.17, 15) is 0 Å². The van der Waals surface area contributed by atoms with Gasteiger partial charge in [0, 0.05) is 4.70 Å². The molecule has 2 aromatic carbocycles. The van der Waals surface area contributed by atoms with Gasteiger partial charge in [-0.3, -0.25) is 0 Å². The summed E-state index contributed by atoms with van der Waals surface area (Å²) in [5.74, 6) is 0.883. The summed E-state index contributed by atoms with van der Waals surface area (Å²) in [6.07, 6.45) is 0. The number of H-pyrrole nitrogens is 1. The minimum atomic E-state index is 0.709. The van der Waals surface area contributed by atoms with Crippen molar-refractivity contribution in [3.05, 3.63) is 48.5 Å². The fourth-order valence-corrected chi connectivity index (χ4v) is 3.28. The first-order valence-electron chi connectivity index (χ1n) is 6.04. The minimum Gasteiger partial charge on any atom is -0.397 e. The van der Waals surface area contributed by atoms with Crippen molar-refractivity contribution in [2.45, 2.75) is 0 Å². The molecule has 0 atom stereocenters. The number of para-hydroxylation sites is 1. The van der Waals surface area contributed by atoms with Gasteiger partial charge in [0.25, 0.3) is 0 Å². The maximum Gasteiger partial charge on any atom is 0.148 e. The number of fused-ring (bicyclic) bond motifs is 2. The molecule has 3 N–H and O–H groups in total. The molecule has 0 aliphatic heterocycles. The van der Waals surface area contributed by atoms with E-state index >= 15 is 0 Å². The fourth-order valence-electron chi connectivity index (χ4n) is 2.27. The van der Waals surface area contributed by atoms with Gasteiger partial charge in [-0.25, -0.2) is 4.98 Å². The van der Waals surface area contributed by atoms with E-state index in [2.05, 4.69) is 40.3 Å². The van der Waals surface area contributed by atoms with Gasteiger partial charge in [-0.15, -0.1) is 11.3 Å². The van der Waals surface area contributed by atoms with E-state index in [4.69, 9.17) is 5.73 Å². The van der Waals surface area contributed by atoms with Gasteiger partial charge in [-0.05, 0) is 29.7 Å². The second-order valence-electron chi connectivity index (χ2n) is 4.48. The molecule has 0 unspecified atom stereocenters. The molecule has 0 fully saturated rings. The van der Waals surface area contributed by atoms with Crippen LogP contribution in [0.3, 0.4) is 0 Å². The molecule has 4 heteroatoms. The maximum atomic E-state index is 5.94. The van der Waals surface area contributed by atoms with Crippen LogP contribution in [0.5, 0.6) is 0 Å². The topological polar surface area (TPSA) is 54.7 Å². The molecule has 4 rings (SSSR count). The van der Waals surface area contributed by atoms with Gasteiger partial charge in [0.2, 0.25) is 0 Å². The van der Waals surface area contributed by atoms with Crippen LogP contribution in [0.1, 0.15) is 0 Å². The Kier molecular flexibility index (Phi) is 2.13. The number of nitrogen functional groups attached to an aromatic ring is 1. The summed E-state index contributed by atoms with van der Waals surface area (Å²) < 4.78 is 1.27. The number of hydrogen-bond donors (Lipinski definition) is 2. The van der Waals surface area contributed by atoms with E-state index in [0.29, 0.717) is 5.69 Å². The first-order chi connectivity index (χ1) is 9.31. The van der Waals surface area contributed by atoms with Crippen LogP contribution < -0.4 is 5.73 Å². The van der Waals surface area contributed by atoms with Crippen molar-refractivity contribution in [2.75, 3.05) is 5.73 Å². The number of imidazole rings is 1. The van der Waals surface area contributed by atoms with Crippen molar-refractivity contribution in [1.82, 2.24) is 9.97 Å². The molecule has 0 amide bonds. The predicted octanol–water partition coefficient (Wildman–Crippen LogP) is 4.03. The molecule has 4 aromatic rings. The normalized spacial score (nSPS) is 11.4. The summed E-state index contributed by atoms with van der Waals surface area (Å²) in [6.45, 7) is 0. The standard InChI is InChI=1S/C15H11N3S/c16-10-5-3-6-11-14(10)18-15(17-11)13-8-9-4-1-2-7-12(9)19-13/h1-8H,16H2,(H,17,18). The highest BCUT2D eigenvalue weighted by Gasteiger charge is 2.10. The van der Waals surface area contributed by atoms with Crippen molar-refractivity contribution in [2.24, 2.45) is 0 Å². The number of nitrogens with zero attached hydrogens (tertiary/aromatic N) is 1. The molecule has 19 heavy (non-hydrogen) atoms. The first-order valence-corrected chi connectivity index (χ1v) is 6.86. The Morgan fingerprint density at radius 1 is 1.05 bits per heavy atom. The van der Waals surface area contributed by atoms with Crippen LogP contribution in [0.4, 0.5) is 5.69 Å². The fraction of sp³-hybridized carbons (Fsp3) is 0. The lowest BCUT2D eigenvalue weighted by molar-refractivity contribution is 1.36. The number of benzene rings is 2. The molecular weight excluding hydrogens is 254 g/mol. The summed E-state index contributed by atoms with van der Waals surface area (Å²) in [4.78, 5) is 9.08. The van der Waals surface area contributed by atoms with E-state index in [1.807, 2.05) is 18.2 Å². The Balaban J connectivity index is 1.96. The van der Waals surface area contributed by atoms with Crippen molar-refractivity contribution in [3.63, 3.8) is 0 Å². The molecule has 0 saturated heterocycles. The van der Waals surface area contributed by atoms with Gasteiger partial charge in [-0.2, -0.15) is 0 Å². The smallest absolute Gasteiger partial charge is 0.148 e. The zero-order chi connectivity index (χ0) is 12.8. The van der Waals surface area contributed by atoms with Gasteiger partial charge in [-0.1, -0.05) is 24.3 Å². The lowest BCUT2D eigenvalue weighted by Crippen LogP contribution is -1.84. The van der Waals surface area contributed by atoms with Gasteiger partial charge >= 0.3 is 0 Å². The Hall–Kier alpha value is -2.33. The lowest BCUT2D eigenvalue weighted by atomic mass is 10.2. The molecule has 0 aliphatic rings. The molecular formula is C15H11N3S. The van der Waals surface area contributed by atoms with Gasteiger partial charge < -0.3 is 10.7 Å². The van der Waals surface area contributed by atoms with E-state index < -0.39 is 0 Å². The SMILES string of the molecule is Nc1cccc2[nH]c(-c3cc4ccccc4s3)nc12. The van der Waals surface area contributed by atoms with Crippen molar-refractivity contribution >= 4 is 38.1 Å². The molecule has 92 valence electrons. The third kappa shape index (κ3) is 1.61. The van der Waals surface area contributed by atoms with Crippen LogP contribution in [0.15, 0.2) is 48.5 Å². The van der Waals surface area contributed by atoms with Crippen LogP contribution in [0, 0.1) is 0 Å². The Morgan fingerprint density at radius 2 is 1.95 bits per heavy atom. The van der Waals surface area contributed by atoms with E-state index in [0.717, 1.165) is 21.7 Å². The van der Waals surface area contributed by atoms with Crippen molar-refractivity contribution in [1.29, 1.82) is 0 Å². The summed E-state index contributed by atoms with van der Waals surface area (Å²) in [5.41, 5.74) is 8.47. The molecule has 2 aromatic heterocycles. The molecule has 0 aliphatic carbocycles.